The zero-order valence-electron chi connectivity index (χ0n) is 12.7. The van der Waals surface area contributed by atoms with Crippen molar-refractivity contribution in [1.29, 1.82) is 0 Å². The first-order valence-electron chi connectivity index (χ1n) is 7.71. The topological polar surface area (TPSA) is 40.6 Å². The van der Waals surface area contributed by atoms with Gasteiger partial charge in [0.2, 0.25) is 11.8 Å². The Kier molecular flexibility index (Phi) is 3.70. The van der Waals surface area contributed by atoms with Crippen molar-refractivity contribution in [1.82, 2.24) is 9.80 Å². The Morgan fingerprint density at radius 1 is 1.33 bits per heavy atom. The van der Waals surface area contributed by atoms with Crippen LogP contribution in [0.1, 0.15) is 37.4 Å². The van der Waals surface area contributed by atoms with E-state index in [1.807, 2.05) is 30.9 Å². The maximum Gasteiger partial charge on any atom is 0.242 e. The van der Waals surface area contributed by atoms with Crippen molar-refractivity contribution in [3.63, 3.8) is 0 Å². The highest BCUT2D eigenvalue weighted by Crippen LogP contribution is 2.33. The van der Waals surface area contributed by atoms with Gasteiger partial charge in [-0.05, 0) is 23.5 Å². The van der Waals surface area contributed by atoms with Crippen LogP contribution in [-0.2, 0) is 16.0 Å². The fourth-order valence-corrected chi connectivity index (χ4v) is 3.34. The summed E-state index contributed by atoms with van der Waals surface area (Å²) in [5.74, 6) is 0.503. The Labute approximate surface area is 125 Å². The van der Waals surface area contributed by atoms with Crippen molar-refractivity contribution in [2.24, 2.45) is 5.92 Å². The van der Waals surface area contributed by atoms with E-state index in [1.165, 1.54) is 11.1 Å². The highest BCUT2D eigenvalue weighted by molar-refractivity contribution is 5.86. The van der Waals surface area contributed by atoms with Crippen LogP contribution in [0.25, 0.3) is 0 Å². The molecule has 0 N–H and O–H groups in total. The number of fused-ring (bicyclic) bond motifs is 3. The number of piperazine rings is 1. The highest BCUT2D eigenvalue weighted by Gasteiger charge is 2.38. The number of carbonyl (C=O) groups is 2. The van der Waals surface area contributed by atoms with E-state index in [0.29, 0.717) is 18.9 Å². The molecule has 2 heterocycles. The van der Waals surface area contributed by atoms with Crippen molar-refractivity contribution >= 4 is 11.8 Å². The molecule has 21 heavy (non-hydrogen) atoms. The molecule has 0 bridgehead atoms. The van der Waals surface area contributed by atoms with E-state index < -0.39 is 0 Å². The molecule has 0 spiro atoms. The van der Waals surface area contributed by atoms with Gasteiger partial charge in [0.25, 0.3) is 0 Å². The van der Waals surface area contributed by atoms with Crippen LogP contribution in [-0.4, -0.2) is 41.2 Å². The second-order valence-corrected chi connectivity index (χ2v) is 6.42. The first-order chi connectivity index (χ1) is 10.1. The largest absolute Gasteiger partial charge is 0.332 e. The predicted molar refractivity (Wildman–Crippen MR) is 80.6 cm³/mol. The maximum absolute atomic E-state index is 12.4. The van der Waals surface area contributed by atoms with Crippen LogP contribution in [0.3, 0.4) is 0 Å². The zero-order chi connectivity index (χ0) is 15.0. The van der Waals surface area contributed by atoms with E-state index in [4.69, 9.17) is 0 Å². The third-order valence-electron chi connectivity index (χ3n) is 4.39. The summed E-state index contributed by atoms with van der Waals surface area (Å²) >= 11 is 0. The number of carbonyl (C=O) groups excluding carboxylic acids is 2. The molecule has 0 aliphatic carbocycles. The van der Waals surface area contributed by atoms with Gasteiger partial charge in [-0.15, -0.1) is 0 Å². The van der Waals surface area contributed by atoms with Gasteiger partial charge in [-0.1, -0.05) is 38.1 Å². The van der Waals surface area contributed by atoms with Gasteiger partial charge in [-0.2, -0.15) is 0 Å². The van der Waals surface area contributed by atoms with Crippen molar-refractivity contribution in [3.8, 4) is 0 Å². The van der Waals surface area contributed by atoms with E-state index in [-0.39, 0.29) is 24.4 Å². The molecule has 112 valence electrons. The number of nitrogens with zero attached hydrogens (tertiary/aromatic N) is 2. The summed E-state index contributed by atoms with van der Waals surface area (Å²) in [7, 11) is 0. The minimum absolute atomic E-state index is 0.0345. The fourth-order valence-electron chi connectivity index (χ4n) is 3.34. The smallest absolute Gasteiger partial charge is 0.242 e. The lowest BCUT2D eigenvalue weighted by Crippen LogP contribution is -2.55. The van der Waals surface area contributed by atoms with Gasteiger partial charge < -0.3 is 9.80 Å². The van der Waals surface area contributed by atoms with Crippen LogP contribution >= 0.6 is 0 Å². The van der Waals surface area contributed by atoms with E-state index in [1.54, 1.807) is 4.90 Å². The minimum atomic E-state index is 0.0345. The Morgan fingerprint density at radius 3 is 2.86 bits per heavy atom. The Bertz CT molecular complexity index is 568. The minimum Gasteiger partial charge on any atom is -0.332 e. The Morgan fingerprint density at radius 2 is 2.10 bits per heavy atom. The molecular formula is C17H22N2O2. The van der Waals surface area contributed by atoms with Crippen LogP contribution in [0.15, 0.2) is 24.3 Å². The number of hydrogen-bond acceptors (Lipinski definition) is 2. The van der Waals surface area contributed by atoms with Gasteiger partial charge in [0.05, 0.1) is 12.6 Å². The van der Waals surface area contributed by atoms with Crippen molar-refractivity contribution in [2.75, 3.05) is 19.6 Å². The van der Waals surface area contributed by atoms with Gasteiger partial charge in [0, 0.05) is 19.5 Å². The lowest BCUT2D eigenvalue weighted by atomic mass is 9.90. The van der Waals surface area contributed by atoms with Crippen molar-refractivity contribution < 1.29 is 9.59 Å². The van der Waals surface area contributed by atoms with Crippen LogP contribution in [0.2, 0.25) is 0 Å². The van der Waals surface area contributed by atoms with Gasteiger partial charge in [-0.25, -0.2) is 0 Å². The number of rotatable bonds is 2. The van der Waals surface area contributed by atoms with Crippen LogP contribution in [0.5, 0.6) is 0 Å². The van der Waals surface area contributed by atoms with E-state index in [0.717, 1.165) is 13.0 Å². The van der Waals surface area contributed by atoms with Crippen LogP contribution in [0, 0.1) is 5.92 Å². The third-order valence-corrected chi connectivity index (χ3v) is 4.39. The SMILES string of the molecule is CC(C)CC(=O)N1CC(=O)N2CCc3ccccc3[C@@H]2C1. The average molecular weight is 286 g/mol. The number of amides is 2. The summed E-state index contributed by atoms with van der Waals surface area (Å²) in [6.07, 6.45) is 1.43. The third kappa shape index (κ3) is 2.67. The Hall–Kier alpha value is -1.84. The molecule has 4 nitrogen and oxygen atoms in total. The molecule has 1 fully saturated rings. The molecule has 2 aliphatic rings. The monoisotopic (exact) mass is 286 g/mol. The summed E-state index contributed by atoms with van der Waals surface area (Å²) in [4.78, 5) is 28.4. The lowest BCUT2D eigenvalue weighted by Gasteiger charge is -2.44. The second-order valence-electron chi connectivity index (χ2n) is 6.42. The van der Waals surface area contributed by atoms with Gasteiger partial charge >= 0.3 is 0 Å². The van der Waals surface area contributed by atoms with Gasteiger partial charge in [-0.3, -0.25) is 9.59 Å². The molecule has 1 saturated heterocycles. The summed E-state index contributed by atoms with van der Waals surface area (Å²) in [6, 6.07) is 8.32. The molecule has 0 aromatic heterocycles. The summed E-state index contributed by atoms with van der Waals surface area (Å²) in [6.45, 7) is 5.71. The number of benzene rings is 1. The molecule has 2 amide bonds. The van der Waals surface area contributed by atoms with Crippen molar-refractivity contribution in [2.45, 2.75) is 32.7 Å². The second kappa shape index (κ2) is 5.51. The fraction of sp³-hybridized carbons (Fsp3) is 0.529. The van der Waals surface area contributed by atoms with E-state index in [2.05, 4.69) is 12.1 Å². The standard InChI is InChI=1S/C17H22N2O2/c1-12(2)9-16(20)18-10-15-14-6-4-3-5-13(14)7-8-19(15)17(21)11-18/h3-6,12,15H,7-11H2,1-2H3/t15-/m0/s1. The summed E-state index contributed by atoms with van der Waals surface area (Å²) in [5.41, 5.74) is 2.52. The molecule has 1 aromatic rings. The quantitative estimate of drug-likeness (QED) is 0.834. The van der Waals surface area contributed by atoms with E-state index >= 15 is 0 Å². The maximum atomic E-state index is 12.4. The van der Waals surface area contributed by atoms with Crippen molar-refractivity contribution in [3.05, 3.63) is 35.4 Å². The molecule has 3 rings (SSSR count). The molecule has 1 aromatic carbocycles. The molecular weight excluding hydrogens is 264 g/mol. The first kappa shape index (κ1) is 14.1. The molecule has 1 atom stereocenters. The number of hydrogen-bond donors (Lipinski definition) is 0. The Balaban J connectivity index is 1.85. The molecule has 0 radical (unpaired) electrons. The van der Waals surface area contributed by atoms with Gasteiger partial charge in [0.1, 0.15) is 0 Å². The van der Waals surface area contributed by atoms with Crippen LogP contribution in [0.4, 0.5) is 0 Å². The molecule has 0 saturated carbocycles. The van der Waals surface area contributed by atoms with Crippen LogP contribution < -0.4 is 0 Å². The van der Waals surface area contributed by atoms with E-state index in [9.17, 15) is 9.59 Å². The first-order valence-corrected chi connectivity index (χ1v) is 7.71. The zero-order valence-corrected chi connectivity index (χ0v) is 12.7. The lowest BCUT2D eigenvalue weighted by molar-refractivity contribution is -0.149. The van der Waals surface area contributed by atoms with Gasteiger partial charge in [0.15, 0.2) is 0 Å². The highest BCUT2D eigenvalue weighted by atomic mass is 16.2. The average Bonchev–Trinajstić information content (AvgIpc) is 2.46. The normalized spacial score (nSPS) is 21.3. The summed E-state index contributed by atoms with van der Waals surface area (Å²) in [5, 5.41) is 0. The predicted octanol–water partition coefficient (Wildman–Crippen LogP) is 2.00. The molecule has 0 unspecified atom stereocenters. The molecule has 2 aliphatic heterocycles. The molecule has 4 heteroatoms. The summed E-state index contributed by atoms with van der Waals surface area (Å²) < 4.78 is 0.